The topological polar surface area (TPSA) is 82.6 Å². The fourth-order valence-corrected chi connectivity index (χ4v) is 4.29. The number of ether oxygens (including phenoxy) is 1. The minimum atomic E-state index is 0.0976. The van der Waals surface area contributed by atoms with E-state index in [1.807, 2.05) is 30.3 Å². The highest BCUT2D eigenvalue weighted by Crippen LogP contribution is 2.42. The smallest absolute Gasteiger partial charge is 0.172 e. The molecule has 3 heterocycles. The number of nitrogens with zero attached hydrogens (tertiary/aromatic N) is 3. The zero-order chi connectivity index (χ0) is 20.7. The quantitative estimate of drug-likeness (QED) is 0.568. The molecule has 0 amide bonds. The third-order valence-corrected chi connectivity index (χ3v) is 5.99. The lowest BCUT2D eigenvalue weighted by atomic mass is 10.1. The number of azo groups is 1. The first kappa shape index (κ1) is 19.3. The summed E-state index contributed by atoms with van der Waals surface area (Å²) < 4.78 is 12.7. The summed E-state index contributed by atoms with van der Waals surface area (Å²) in [5, 5.41) is 23.4. The van der Waals surface area contributed by atoms with E-state index in [0.717, 1.165) is 53.2 Å². The van der Waals surface area contributed by atoms with Gasteiger partial charge in [-0.2, -0.15) is 0 Å². The molecule has 2 N–H and O–H groups in total. The summed E-state index contributed by atoms with van der Waals surface area (Å²) in [7, 11) is 1.65. The molecule has 0 spiro atoms. The van der Waals surface area contributed by atoms with Crippen LogP contribution in [0.25, 0.3) is 22.7 Å². The Labute approximate surface area is 182 Å². The second-order valence-electron chi connectivity index (χ2n) is 7.36. The van der Waals surface area contributed by atoms with Gasteiger partial charge in [0.25, 0.3) is 0 Å². The number of benzene rings is 2. The zero-order valence-electron chi connectivity index (χ0n) is 16.5. The minimum Gasteiger partial charge on any atom is -0.504 e. The Morgan fingerprint density at radius 2 is 2.07 bits per heavy atom. The molecule has 2 aliphatic heterocycles. The largest absolute Gasteiger partial charge is 0.504 e. The number of hydrogen-bond donors (Lipinski definition) is 2. The maximum absolute atomic E-state index is 10.9. The summed E-state index contributed by atoms with van der Waals surface area (Å²) in [5.74, 6) is 1.21. The Morgan fingerprint density at radius 1 is 1.23 bits per heavy atom. The minimum absolute atomic E-state index is 0.0976. The standard InChI is InChI=1S/C22H21BrN4O3/c1-29-19-5-3-14-21(28)20(11-18-15-10-13(23)2-4-17(15)25-26-18)30-22(14)16(19)12-27-8-6-24-7-9-27/h2-5,10-11,24,28H,6-9,12H2,1H3. The fraction of sp³-hybridized carbons (Fsp3) is 0.273. The van der Waals surface area contributed by atoms with Gasteiger partial charge in [-0.3, -0.25) is 4.90 Å². The molecule has 2 aliphatic rings. The third-order valence-electron chi connectivity index (χ3n) is 5.50. The average Bonchev–Trinajstić information content (AvgIpc) is 3.30. The molecule has 5 rings (SSSR count). The van der Waals surface area contributed by atoms with Gasteiger partial charge in [0.1, 0.15) is 11.3 Å². The molecule has 1 fully saturated rings. The van der Waals surface area contributed by atoms with E-state index in [9.17, 15) is 5.11 Å². The van der Waals surface area contributed by atoms with Crippen LogP contribution in [-0.2, 0) is 6.54 Å². The third kappa shape index (κ3) is 3.40. The van der Waals surface area contributed by atoms with Gasteiger partial charge in [-0.05, 0) is 30.3 Å². The summed E-state index contributed by atoms with van der Waals surface area (Å²) in [5.41, 5.74) is 3.91. The first-order valence-electron chi connectivity index (χ1n) is 9.82. The second-order valence-corrected chi connectivity index (χ2v) is 8.27. The molecule has 0 unspecified atom stereocenters. The summed E-state index contributed by atoms with van der Waals surface area (Å²) in [4.78, 5) is 2.35. The molecule has 8 heteroatoms. The lowest BCUT2D eigenvalue weighted by molar-refractivity contribution is 0.230. The molecule has 0 bridgehead atoms. The van der Waals surface area contributed by atoms with Crippen molar-refractivity contribution in [2.75, 3.05) is 33.3 Å². The monoisotopic (exact) mass is 468 g/mol. The van der Waals surface area contributed by atoms with Crippen LogP contribution in [0.15, 0.2) is 49.5 Å². The van der Waals surface area contributed by atoms with Crippen molar-refractivity contribution in [2.45, 2.75) is 6.54 Å². The van der Waals surface area contributed by atoms with Gasteiger partial charge in [-0.1, -0.05) is 15.9 Å². The van der Waals surface area contributed by atoms with E-state index >= 15 is 0 Å². The molecule has 0 aliphatic carbocycles. The molecule has 3 aromatic rings. The van der Waals surface area contributed by atoms with Crippen molar-refractivity contribution in [3.05, 3.63) is 51.7 Å². The van der Waals surface area contributed by atoms with Crippen molar-refractivity contribution in [1.82, 2.24) is 10.2 Å². The molecule has 1 saturated heterocycles. The summed E-state index contributed by atoms with van der Waals surface area (Å²) in [6, 6.07) is 9.50. The number of rotatable bonds is 4. The Balaban J connectivity index is 1.58. The normalized spacial score (nSPS) is 17.7. The molecular formula is C22H21BrN4O3. The predicted octanol–water partition coefficient (Wildman–Crippen LogP) is 4.91. The zero-order valence-corrected chi connectivity index (χ0v) is 18.1. The molecule has 0 saturated carbocycles. The van der Waals surface area contributed by atoms with Gasteiger partial charge in [-0.25, -0.2) is 0 Å². The Bertz CT molecular complexity index is 1180. The number of piperazine rings is 1. The van der Waals surface area contributed by atoms with Crippen molar-refractivity contribution >= 4 is 44.4 Å². The summed E-state index contributed by atoms with van der Waals surface area (Å²) in [6.45, 7) is 4.52. The first-order valence-corrected chi connectivity index (χ1v) is 10.6. The molecule has 0 atom stereocenters. The van der Waals surface area contributed by atoms with Crippen LogP contribution in [0, 0.1) is 0 Å². The highest BCUT2D eigenvalue weighted by molar-refractivity contribution is 9.10. The van der Waals surface area contributed by atoms with E-state index in [4.69, 9.17) is 9.15 Å². The molecular weight excluding hydrogens is 448 g/mol. The molecule has 7 nitrogen and oxygen atoms in total. The van der Waals surface area contributed by atoms with Crippen LogP contribution in [-0.4, -0.2) is 43.3 Å². The van der Waals surface area contributed by atoms with Crippen molar-refractivity contribution in [3.8, 4) is 11.5 Å². The SMILES string of the molecule is COc1ccc2c(O)c(C=C3N=Nc4ccc(Br)cc43)oc2c1CN1CCNCC1. The van der Waals surface area contributed by atoms with E-state index in [1.54, 1.807) is 13.2 Å². The lowest BCUT2D eigenvalue weighted by Gasteiger charge is -2.27. The van der Waals surface area contributed by atoms with Crippen LogP contribution in [0.3, 0.4) is 0 Å². The van der Waals surface area contributed by atoms with Gasteiger partial charge in [0.2, 0.25) is 0 Å². The van der Waals surface area contributed by atoms with Gasteiger partial charge in [0.15, 0.2) is 11.5 Å². The van der Waals surface area contributed by atoms with Crippen molar-refractivity contribution in [1.29, 1.82) is 0 Å². The highest BCUT2D eigenvalue weighted by atomic mass is 79.9. The van der Waals surface area contributed by atoms with E-state index in [0.29, 0.717) is 29.0 Å². The van der Waals surface area contributed by atoms with Crippen LogP contribution in [0.1, 0.15) is 16.9 Å². The molecule has 1 aromatic heterocycles. The van der Waals surface area contributed by atoms with E-state index in [2.05, 4.69) is 36.4 Å². The lowest BCUT2D eigenvalue weighted by Crippen LogP contribution is -2.42. The number of fused-ring (bicyclic) bond motifs is 2. The maximum atomic E-state index is 10.9. The van der Waals surface area contributed by atoms with E-state index in [1.165, 1.54) is 0 Å². The molecule has 154 valence electrons. The Hall–Kier alpha value is -2.68. The predicted molar refractivity (Wildman–Crippen MR) is 119 cm³/mol. The number of nitrogens with one attached hydrogen (secondary N) is 1. The molecule has 30 heavy (non-hydrogen) atoms. The van der Waals surface area contributed by atoms with Crippen molar-refractivity contribution in [2.24, 2.45) is 10.2 Å². The van der Waals surface area contributed by atoms with E-state index in [-0.39, 0.29) is 5.75 Å². The number of hydrogen-bond acceptors (Lipinski definition) is 7. The Kier molecular flexibility index (Phi) is 5.06. The van der Waals surface area contributed by atoms with Gasteiger partial charge < -0.3 is 19.6 Å². The summed E-state index contributed by atoms with van der Waals surface area (Å²) in [6.07, 6.45) is 1.73. The van der Waals surface area contributed by atoms with Crippen LogP contribution >= 0.6 is 15.9 Å². The van der Waals surface area contributed by atoms with Gasteiger partial charge in [0, 0.05) is 48.8 Å². The van der Waals surface area contributed by atoms with Crippen LogP contribution in [0.5, 0.6) is 11.5 Å². The fourth-order valence-electron chi connectivity index (χ4n) is 3.93. The molecule has 2 aromatic carbocycles. The van der Waals surface area contributed by atoms with Gasteiger partial charge >= 0.3 is 0 Å². The van der Waals surface area contributed by atoms with Gasteiger partial charge in [-0.15, -0.1) is 10.2 Å². The van der Waals surface area contributed by atoms with Crippen LogP contribution in [0.4, 0.5) is 5.69 Å². The number of furan rings is 1. The van der Waals surface area contributed by atoms with Crippen LogP contribution < -0.4 is 10.1 Å². The van der Waals surface area contributed by atoms with Crippen LogP contribution in [0.2, 0.25) is 0 Å². The number of halogens is 1. The number of aromatic hydroxyl groups is 1. The first-order chi connectivity index (χ1) is 14.6. The van der Waals surface area contributed by atoms with E-state index < -0.39 is 0 Å². The number of methoxy groups -OCH3 is 1. The highest BCUT2D eigenvalue weighted by Gasteiger charge is 2.22. The maximum Gasteiger partial charge on any atom is 0.172 e. The summed E-state index contributed by atoms with van der Waals surface area (Å²) >= 11 is 3.49. The van der Waals surface area contributed by atoms with Crippen molar-refractivity contribution in [3.63, 3.8) is 0 Å². The van der Waals surface area contributed by atoms with Gasteiger partial charge in [0.05, 0.1) is 29.4 Å². The average molecular weight is 469 g/mol. The Morgan fingerprint density at radius 3 is 2.87 bits per heavy atom. The van der Waals surface area contributed by atoms with Crippen molar-refractivity contribution < 1.29 is 14.3 Å². The second kappa shape index (κ2) is 7.86. The molecule has 0 radical (unpaired) electrons.